The predicted octanol–water partition coefficient (Wildman–Crippen LogP) is 0.909. The van der Waals surface area contributed by atoms with E-state index >= 15 is 0 Å². The van der Waals surface area contributed by atoms with E-state index in [4.69, 9.17) is 10.7 Å². The van der Waals surface area contributed by atoms with Crippen molar-refractivity contribution in [2.45, 2.75) is 18.1 Å². The molecule has 4 nitrogen and oxygen atoms in total. The minimum absolute atomic E-state index is 0.0328. The van der Waals surface area contributed by atoms with Gasteiger partial charge in [0.05, 0.1) is 0 Å². The van der Waals surface area contributed by atoms with Crippen molar-refractivity contribution in [3.63, 3.8) is 0 Å². The van der Waals surface area contributed by atoms with Crippen LogP contribution in [0.1, 0.15) is 12.8 Å². The Morgan fingerprint density at radius 3 is 2.73 bits per heavy atom. The maximum Gasteiger partial charge on any atom is 0.237 e. The van der Waals surface area contributed by atoms with Gasteiger partial charge in [-0.15, -0.1) is 0 Å². The lowest BCUT2D eigenvalue weighted by atomic mass is 10.4. The van der Waals surface area contributed by atoms with E-state index in [0.717, 1.165) is 12.2 Å². The van der Waals surface area contributed by atoms with E-state index in [0.29, 0.717) is 6.54 Å². The zero-order chi connectivity index (χ0) is 11.5. The van der Waals surface area contributed by atoms with E-state index in [2.05, 4.69) is 0 Å². The average molecular weight is 272 g/mol. The van der Waals surface area contributed by atoms with Crippen LogP contribution in [0.5, 0.6) is 0 Å². The molecule has 88 valence electrons. The normalized spacial score (nSPS) is 22.4. The van der Waals surface area contributed by atoms with Crippen molar-refractivity contribution >= 4 is 37.4 Å². The van der Waals surface area contributed by atoms with Crippen LogP contribution in [0.3, 0.4) is 0 Å². The number of halogens is 1. The molecule has 1 atom stereocenters. The summed E-state index contributed by atoms with van der Waals surface area (Å²) in [5.74, 6) is 0.868. The monoisotopic (exact) mass is 271 g/mol. The molecule has 0 aromatic rings. The summed E-state index contributed by atoms with van der Waals surface area (Å²) in [6, 6.07) is 0. The first kappa shape index (κ1) is 13.1. The Morgan fingerprint density at radius 1 is 1.60 bits per heavy atom. The molecule has 1 fully saturated rings. The Balaban J connectivity index is 2.46. The molecule has 0 bridgehead atoms. The standard InChI is InChI=1S/C8H14ClNO3S2/c1-14-4-2-3-10-6-7(5-8(10)11)15(9,12)13/h7H,2-6H2,1H3. The molecule has 15 heavy (non-hydrogen) atoms. The molecule has 0 saturated carbocycles. The summed E-state index contributed by atoms with van der Waals surface area (Å²) in [5.41, 5.74) is 0. The van der Waals surface area contributed by atoms with Gasteiger partial charge in [-0.05, 0) is 18.4 Å². The zero-order valence-corrected chi connectivity index (χ0v) is 10.9. The number of hydrogen-bond donors (Lipinski definition) is 0. The van der Waals surface area contributed by atoms with Crippen molar-refractivity contribution in [1.29, 1.82) is 0 Å². The SMILES string of the molecule is CSCCCN1CC(S(=O)(=O)Cl)CC1=O. The number of rotatable bonds is 5. The highest BCUT2D eigenvalue weighted by Gasteiger charge is 2.36. The van der Waals surface area contributed by atoms with Gasteiger partial charge >= 0.3 is 0 Å². The lowest BCUT2D eigenvalue weighted by Gasteiger charge is -2.15. The number of carbonyl (C=O) groups excluding carboxylic acids is 1. The van der Waals surface area contributed by atoms with Gasteiger partial charge in [-0.2, -0.15) is 11.8 Å². The topological polar surface area (TPSA) is 54.5 Å². The van der Waals surface area contributed by atoms with Gasteiger partial charge in [-0.3, -0.25) is 4.79 Å². The maximum atomic E-state index is 11.4. The smallest absolute Gasteiger partial charge is 0.237 e. The van der Waals surface area contributed by atoms with Gasteiger partial charge in [-0.1, -0.05) is 0 Å². The van der Waals surface area contributed by atoms with E-state index in [9.17, 15) is 13.2 Å². The minimum atomic E-state index is -3.59. The molecule has 1 amide bonds. The summed E-state index contributed by atoms with van der Waals surface area (Å²) in [6.45, 7) is 0.877. The van der Waals surface area contributed by atoms with Gasteiger partial charge in [0, 0.05) is 30.2 Å². The van der Waals surface area contributed by atoms with Crippen LogP contribution < -0.4 is 0 Å². The second-order valence-electron chi connectivity index (χ2n) is 3.49. The number of likely N-dealkylation sites (tertiary alicyclic amines) is 1. The summed E-state index contributed by atoms with van der Waals surface area (Å²) in [6.07, 6.45) is 2.92. The lowest BCUT2D eigenvalue weighted by molar-refractivity contribution is -0.127. The molecule has 0 aromatic heterocycles. The lowest BCUT2D eigenvalue weighted by Crippen LogP contribution is -2.28. The van der Waals surface area contributed by atoms with Crippen LogP contribution >= 0.6 is 22.4 Å². The van der Waals surface area contributed by atoms with Crippen LogP contribution in [0.15, 0.2) is 0 Å². The number of amides is 1. The second-order valence-corrected chi connectivity index (χ2v) is 7.38. The molecule has 0 N–H and O–H groups in total. The van der Waals surface area contributed by atoms with Crippen molar-refractivity contribution in [2.24, 2.45) is 0 Å². The molecule has 0 aliphatic carbocycles. The molecule has 1 saturated heterocycles. The number of nitrogens with zero attached hydrogens (tertiary/aromatic N) is 1. The summed E-state index contributed by atoms with van der Waals surface area (Å²) < 4.78 is 22.1. The third-order valence-electron chi connectivity index (χ3n) is 2.35. The summed E-state index contributed by atoms with van der Waals surface area (Å²) in [5, 5.41) is -0.721. The van der Waals surface area contributed by atoms with Crippen LogP contribution in [-0.2, 0) is 13.8 Å². The minimum Gasteiger partial charge on any atom is -0.341 e. The van der Waals surface area contributed by atoms with Crippen molar-refractivity contribution < 1.29 is 13.2 Å². The molecular formula is C8H14ClNO3S2. The molecule has 0 aromatic carbocycles. The Kier molecular flexibility index (Phi) is 4.73. The van der Waals surface area contributed by atoms with Gasteiger partial charge in [-0.25, -0.2) is 8.42 Å². The van der Waals surface area contributed by atoms with E-state index < -0.39 is 14.3 Å². The first-order valence-electron chi connectivity index (χ1n) is 4.65. The van der Waals surface area contributed by atoms with Crippen molar-refractivity contribution in [3.8, 4) is 0 Å². The fraction of sp³-hybridized carbons (Fsp3) is 0.875. The first-order chi connectivity index (χ1) is 6.95. The molecule has 1 rings (SSSR count). The van der Waals surface area contributed by atoms with Crippen LogP contribution in [0.4, 0.5) is 0 Å². The fourth-order valence-electron chi connectivity index (χ4n) is 1.54. The summed E-state index contributed by atoms with van der Waals surface area (Å²) in [4.78, 5) is 13.0. The number of hydrogen-bond acceptors (Lipinski definition) is 4. The quantitative estimate of drug-likeness (QED) is 0.551. The molecule has 1 aliphatic rings. The Labute approximate surface area is 98.8 Å². The fourth-order valence-corrected chi connectivity index (χ4v) is 3.02. The van der Waals surface area contributed by atoms with E-state index in [1.807, 2.05) is 6.26 Å². The molecule has 0 radical (unpaired) electrons. The molecule has 0 spiro atoms. The van der Waals surface area contributed by atoms with Gasteiger partial charge in [0.15, 0.2) is 0 Å². The molecule has 1 heterocycles. The second kappa shape index (κ2) is 5.41. The highest BCUT2D eigenvalue weighted by atomic mass is 35.7. The Morgan fingerprint density at radius 2 is 2.27 bits per heavy atom. The van der Waals surface area contributed by atoms with Gasteiger partial charge in [0.25, 0.3) is 0 Å². The highest BCUT2D eigenvalue weighted by Crippen LogP contribution is 2.21. The van der Waals surface area contributed by atoms with Crippen LogP contribution in [0, 0.1) is 0 Å². The summed E-state index contributed by atoms with van der Waals surface area (Å²) in [7, 11) is 1.63. The van der Waals surface area contributed by atoms with Gasteiger partial charge in [0.2, 0.25) is 15.0 Å². The Hall–Kier alpha value is 0.0600. The third-order valence-corrected chi connectivity index (χ3v) is 4.92. The number of carbonyl (C=O) groups is 1. The zero-order valence-electron chi connectivity index (χ0n) is 8.48. The number of thioether (sulfide) groups is 1. The molecular weight excluding hydrogens is 258 g/mol. The first-order valence-corrected chi connectivity index (χ1v) is 8.42. The van der Waals surface area contributed by atoms with Crippen molar-refractivity contribution in [1.82, 2.24) is 4.90 Å². The van der Waals surface area contributed by atoms with Crippen molar-refractivity contribution in [3.05, 3.63) is 0 Å². The average Bonchev–Trinajstić information content (AvgIpc) is 2.48. The van der Waals surface area contributed by atoms with Crippen molar-refractivity contribution in [2.75, 3.05) is 25.1 Å². The van der Waals surface area contributed by atoms with E-state index in [1.165, 1.54) is 0 Å². The largest absolute Gasteiger partial charge is 0.341 e. The van der Waals surface area contributed by atoms with Gasteiger partial charge in [0.1, 0.15) is 5.25 Å². The van der Waals surface area contributed by atoms with Crippen LogP contribution in [-0.4, -0.2) is 49.6 Å². The molecule has 1 aliphatic heterocycles. The summed E-state index contributed by atoms with van der Waals surface area (Å²) >= 11 is 1.71. The molecule has 1 unspecified atom stereocenters. The predicted molar refractivity (Wildman–Crippen MR) is 62.8 cm³/mol. The van der Waals surface area contributed by atoms with E-state index in [-0.39, 0.29) is 18.9 Å². The van der Waals surface area contributed by atoms with Crippen LogP contribution in [0.2, 0.25) is 0 Å². The maximum absolute atomic E-state index is 11.4. The third kappa shape index (κ3) is 3.85. The van der Waals surface area contributed by atoms with Gasteiger partial charge < -0.3 is 4.90 Å². The Bertz CT molecular complexity index is 331. The molecule has 7 heteroatoms. The van der Waals surface area contributed by atoms with Crippen LogP contribution in [0.25, 0.3) is 0 Å². The van der Waals surface area contributed by atoms with E-state index in [1.54, 1.807) is 16.7 Å². The highest BCUT2D eigenvalue weighted by molar-refractivity contribution is 8.14.